The highest BCUT2D eigenvalue weighted by atomic mass is 16.6. The SMILES string of the molecule is N#CCC(=O)OC1(N=O)CCCCC1. The summed E-state index contributed by atoms with van der Waals surface area (Å²) in [6, 6.07) is 1.68. The molecule has 14 heavy (non-hydrogen) atoms. The number of carbonyl (C=O) groups excluding carboxylic acids is 1. The molecule has 0 bridgehead atoms. The van der Waals surface area contributed by atoms with E-state index in [4.69, 9.17) is 10.00 Å². The van der Waals surface area contributed by atoms with Crippen LogP contribution in [0.25, 0.3) is 0 Å². The van der Waals surface area contributed by atoms with Gasteiger partial charge < -0.3 is 4.74 Å². The molecule has 76 valence electrons. The number of carbonyl (C=O) groups is 1. The zero-order valence-electron chi connectivity index (χ0n) is 7.86. The van der Waals surface area contributed by atoms with Crippen LogP contribution in [-0.2, 0) is 9.53 Å². The average Bonchev–Trinajstić information content (AvgIpc) is 2.19. The highest BCUT2D eigenvalue weighted by Crippen LogP contribution is 2.32. The van der Waals surface area contributed by atoms with Gasteiger partial charge in [-0.3, -0.25) is 4.79 Å². The average molecular weight is 196 g/mol. The van der Waals surface area contributed by atoms with Crippen molar-refractivity contribution in [2.45, 2.75) is 44.2 Å². The van der Waals surface area contributed by atoms with Crippen molar-refractivity contribution in [3.8, 4) is 6.07 Å². The van der Waals surface area contributed by atoms with Crippen LogP contribution in [0.5, 0.6) is 0 Å². The Morgan fingerprint density at radius 2 is 2.07 bits per heavy atom. The van der Waals surface area contributed by atoms with Gasteiger partial charge in [0.15, 0.2) is 0 Å². The summed E-state index contributed by atoms with van der Waals surface area (Å²) in [4.78, 5) is 21.6. The van der Waals surface area contributed by atoms with Crippen molar-refractivity contribution >= 4 is 5.97 Å². The van der Waals surface area contributed by atoms with Crippen molar-refractivity contribution in [3.63, 3.8) is 0 Å². The van der Waals surface area contributed by atoms with Crippen molar-refractivity contribution in [1.82, 2.24) is 0 Å². The smallest absolute Gasteiger partial charge is 0.322 e. The summed E-state index contributed by atoms with van der Waals surface area (Å²) in [7, 11) is 0. The molecule has 0 aromatic rings. The van der Waals surface area contributed by atoms with E-state index in [1.165, 1.54) is 0 Å². The number of nitriles is 1. The maximum absolute atomic E-state index is 11.0. The van der Waals surface area contributed by atoms with Crippen molar-refractivity contribution in [1.29, 1.82) is 5.26 Å². The van der Waals surface area contributed by atoms with E-state index in [0.717, 1.165) is 19.3 Å². The number of esters is 1. The van der Waals surface area contributed by atoms with E-state index in [1.54, 1.807) is 6.07 Å². The Hall–Kier alpha value is -1.44. The molecule has 0 spiro atoms. The minimum Gasteiger partial charge on any atom is -0.433 e. The molecule has 0 N–H and O–H groups in total. The number of ether oxygens (including phenoxy) is 1. The van der Waals surface area contributed by atoms with Crippen LogP contribution < -0.4 is 0 Å². The molecule has 0 aromatic carbocycles. The molecule has 0 aliphatic heterocycles. The molecule has 0 saturated heterocycles. The maximum Gasteiger partial charge on any atom is 0.322 e. The highest BCUT2D eigenvalue weighted by molar-refractivity contribution is 5.72. The van der Waals surface area contributed by atoms with Crippen molar-refractivity contribution < 1.29 is 9.53 Å². The van der Waals surface area contributed by atoms with E-state index < -0.39 is 11.7 Å². The van der Waals surface area contributed by atoms with Crippen LogP contribution in [0.15, 0.2) is 5.18 Å². The molecule has 0 unspecified atom stereocenters. The third kappa shape index (κ3) is 2.52. The van der Waals surface area contributed by atoms with Gasteiger partial charge in [-0.25, -0.2) is 0 Å². The summed E-state index contributed by atoms with van der Waals surface area (Å²) in [5.74, 6) is -0.658. The molecule has 5 nitrogen and oxygen atoms in total. The molecular formula is C9H12N2O3. The van der Waals surface area contributed by atoms with Crippen LogP contribution in [0, 0.1) is 16.2 Å². The van der Waals surface area contributed by atoms with Gasteiger partial charge in [-0.1, -0.05) is 6.42 Å². The Kier molecular flexibility index (Phi) is 3.57. The summed E-state index contributed by atoms with van der Waals surface area (Å²) >= 11 is 0. The zero-order valence-corrected chi connectivity index (χ0v) is 7.86. The number of nitrogens with zero attached hydrogens (tertiary/aromatic N) is 2. The topological polar surface area (TPSA) is 79.5 Å². The van der Waals surface area contributed by atoms with Gasteiger partial charge >= 0.3 is 5.97 Å². The normalized spacial score (nSPS) is 19.4. The summed E-state index contributed by atoms with van der Waals surface area (Å²) in [5.41, 5.74) is -1.19. The molecule has 0 atom stereocenters. The van der Waals surface area contributed by atoms with Gasteiger partial charge in [0.25, 0.3) is 0 Å². The van der Waals surface area contributed by atoms with Gasteiger partial charge in [0, 0.05) is 12.8 Å². The van der Waals surface area contributed by atoms with E-state index in [2.05, 4.69) is 5.18 Å². The number of hydrogen-bond donors (Lipinski definition) is 0. The lowest BCUT2D eigenvalue weighted by Gasteiger charge is -2.29. The Labute approximate surface area is 82.0 Å². The summed E-state index contributed by atoms with van der Waals surface area (Å²) in [5, 5.41) is 11.2. The van der Waals surface area contributed by atoms with Gasteiger partial charge in [0.1, 0.15) is 6.42 Å². The fourth-order valence-corrected chi connectivity index (χ4v) is 1.63. The van der Waals surface area contributed by atoms with Crippen LogP contribution >= 0.6 is 0 Å². The van der Waals surface area contributed by atoms with E-state index >= 15 is 0 Å². The van der Waals surface area contributed by atoms with Crippen molar-refractivity contribution in [3.05, 3.63) is 4.91 Å². The predicted molar refractivity (Wildman–Crippen MR) is 47.9 cm³/mol. The second kappa shape index (κ2) is 4.70. The minimum atomic E-state index is -1.19. The first-order valence-corrected chi connectivity index (χ1v) is 4.66. The molecule has 0 aromatic heterocycles. The first-order chi connectivity index (χ1) is 6.72. The predicted octanol–water partition coefficient (Wildman–Crippen LogP) is 1.87. The van der Waals surface area contributed by atoms with Gasteiger partial charge in [0.2, 0.25) is 5.72 Å². The summed E-state index contributed by atoms with van der Waals surface area (Å²) < 4.78 is 4.93. The highest BCUT2D eigenvalue weighted by Gasteiger charge is 2.37. The molecule has 1 fully saturated rings. The fourth-order valence-electron chi connectivity index (χ4n) is 1.63. The number of rotatable bonds is 3. The lowest BCUT2D eigenvalue weighted by Crippen LogP contribution is -2.34. The van der Waals surface area contributed by atoms with Crippen molar-refractivity contribution in [2.24, 2.45) is 5.18 Å². The van der Waals surface area contributed by atoms with Gasteiger partial charge in [0.05, 0.1) is 6.07 Å². The Morgan fingerprint density at radius 1 is 1.43 bits per heavy atom. The molecular weight excluding hydrogens is 184 g/mol. The van der Waals surface area contributed by atoms with Crippen LogP contribution in [0.2, 0.25) is 0 Å². The Bertz CT molecular complexity index is 264. The van der Waals surface area contributed by atoms with Crippen LogP contribution in [0.1, 0.15) is 38.5 Å². The lowest BCUT2D eigenvalue weighted by atomic mass is 9.92. The summed E-state index contributed by atoms with van der Waals surface area (Å²) in [6.07, 6.45) is 3.35. The summed E-state index contributed by atoms with van der Waals surface area (Å²) in [6.45, 7) is 0. The second-order valence-corrected chi connectivity index (χ2v) is 3.41. The zero-order chi connectivity index (χ0) is 10.4. The van der Waals surface area contributed by atoms with E-state index in [0.29, 0.717) is 12.8 Å². The second-order valence-electron chi connectivity index (χ2n) is 3.41. The minimum absolute atomic E-state index is 0.322. The van der Waals surface area contributed by atoms with Gasteiger partial charge in [-0.05, 0) is 18.0 Å². The molecule has 0 amide bonds. The standard InChI is InChI=1S/C9H12N2O3/c10-7-4-8(12)14-9(11-13)5-2-1-3-6-9/h1-6H2. The molecule has 1 rings (SSSR count). The first kappa shape index (κ1) is 10.6. The molecule has 0 heterocycles. The lowest BCUT2D eigenvalue weighted by molar-refractivity contribution is -0.161. The fraction of sp³-hybridized carbons (Fsp3) is 0.778. The van der Waals surface area contributed by atoms with E-state index in [1.807, 2.05) is 0 Å². The maximum atomic E-state index is 11.0. The monoisotopic (exact) mass is 196 g/mol. The van der Waals surface area contributed by atoms with Crippen LogP contribution in [-0.4, -0.2) is 11.7 Å². The third-order valence-corrected chi connectivity index (χ3v) is 2.33. The van der Waals surface area contributed by atoms with Crippen LogP contribution in [0.4, 0.5) is 0 Å². The third-order valence-electron chi connectivity index (χ3n) is 2.33. The number of hydrogen-bond acceptors (Lipinski definition) is 5. The molecule has 1 saturated carbocycles. The van der Waals surface area contributed by atoms with E-state index in [9.17, 15) is 9.70 Å². The molecule has 5 heteroatoms. The molecule has 1 aliphatic rings. The van der Waals surface area contributed by atoms with Crippen molar-refractivity contribution in [2.75, 3.05) is 0 Å². The quantitative estimate of drug-likeness (QED) is 0.509. The molecule has 0 radical (unpaired) electrons. The number of nitroso groups, excluding NO2 is 1. The Morgan fingerprint density at radius 3 is 2.57 bits per heavy atom. The van der Waals surface area contributed by atoms with Crippen LogP contribution in [0.3, 0.4) is 0 Å². The van der Waals surface area contributed by atoms with Gasteiger partial charge in [-0.2, -0.15) is 5.26 Å². The molecule has 1 aliphatic carbocycles. The Balaban J connectivity index is 2.56. The van der Waals surface area contributed by atoms with Gasteiger partial charge in [-0.15, -0.1) is 4.91 Å². The largest absolute Gasteiger partial charge is 0.433 e. The van der Waals surface area contributed by atoms with E-state index in [-0.39, 0.29) is 6.42 Å². The first-order valence-electron chi connectivity index (χ1n) is 4.66.